The highest BCUT2D eigenvalue weighted by Crippen LogP contribution is 2.31. The van der Waals surface area contributed by atoms with Crippen molar-refractivity contribution in [1.82, 2.24) is 15.1 Å². The van der Waals surface area contributed by atoms with Crippen LogP contribution in [0.25, 0.3) is 5.69 Å². The number of urea groups is 1. The summed E-state index contributed by atoms with van der Waals surface area (Å²) in [5.41, 5.74) is 6.76. The third-order valence-corrected chi connectivity index (χ3v) is 6.44. The summed E-state index contributed by atoms with van der Waals surface area (Å²) in [5, 5.41) is 14.6. The quantitative estimate of drug-likeness (QED) is 0.526. The van der Waals surface area contributed by atoms with Crippen molar-refractivity contribution < 1.29 is 4.79 Å². The van der Waals surface area contributed by atoms with E-state index in [0.29, 0.717) is 5.82 Å². The van der Waals surface area contributed by atoms with Gasteiger partial charge >= 0.3 is 6.03 Å². The first-order chi connectivity index (χ1) is 15.4. The maximum atomic E-state index is 13.0. The number of nitrogens with zero attached hydrogens (tertiary/aromatic N) is 2. The molecule has 0 saturated carbocycles. The van der Waals surface area contributed by atoms with Crippen molar-refractivity contribution >= 4 is 17.5 Å². The lowest BCUT2D eigenvalue weighted by Gasteiger charge is -2.26. The van der Waals surface area contributed by atoms with E-state index >= 15 is 0 Å². The second kappa shape index (κ2) is 8.01. The fraction of sp³-hybridized carbons (Fsp3) is 0.385. The number of nitrogens with one attached hydrogen (secondary N) is 3. The fourth-order valence-electron chi connectivity index (χ4n) is 4.66. The molecule has 166 valence electrons. The van der Waals surface area contributed by atoms with Crippen molar-refractivity contribution in [2.45, 2.75) is 57.9 Å². The van der Waals surface area contributed by atoms with E-state index in [4.69, 9.17) is 5.10 Å². The highest BCUT2D eigenvalue weighted by atomic mass is 16.2. The number of fused-ring (bicyclic) bond motifs is 2. The molecule has 6 nitrogen and oxygen atoms in total. The van der Waals surface area contributed by atoms with E-state index in [1.807, 2.05) is 16.8 Å². The molecule has 1 aliphatic carbocycles. The lowest BCUT2D eigenvalue weighted by Crippen LogP contribution is -2.34. The number of aromatic nitrogens is 2. The van der Waals surface area contributed by atoms with E-state index in [1.54, 1.807) is 0 Å². The van der Waals surface area contributed by atoms with Gasteiger partial charge in [-0.2, -0.15) is 5.10 Å². The zero-order valence-corrected chi connectivity index (χ0v) is 19.0. The van der Waals surface area contributed by atoms with Gasteiger partial charge in [-0.25, -0.2) is 9.48 Å². The van der Waals surface area contributed by atoms with Gasteiger partial charge in [0.25, 0.3) is 0 Å². The Labute approximate surface area is 189 Å². The maximum absolute atomic E-state index is 13.0. The first kappa shape index (κ1) is 20.6. The Morgan fingerprint density at radius 1 is 1.09 bits per heavy atom. The van der Waals surface area contributed by atoms with E-state index in [0.717, 1.165) is 49.3 Å². The molecule has 0 radical (unpaired) electrons. The van der Waals surface area contributed by atoms with Gasteiger partial charge in [0.15, 0.2) is 0 Å². The molecule has 0 bridgehead atoms. The third-order valence-electron chi connectivity index (χ3n) is 6.44. The summed E-state index contributed by atoms with van der Waals surface area (Å²) in [6.07, 6.45) is 4.14. The van der Waals surface area contributed by atoms with Crippen molar-refractivity contribution in [3.8, 4) is 5.69 Å². The van der Waals surface area contributed by atoms with E-state index in [-0.39, 0.29) is 17.5 Å². The van der Waals surface area contributed by atoms with Crippen LogP contribution >= 0.6 is 0 Å². The molecule has 0 spiro atoms. The zero-order valence-electron chi connectivity index (χ0n) is 19.0. The Bertz CT molecular complexity index is 1160. The van der Waals surface area contributed by atoms with E-state index in [1.165, 1.54) is 16.7 Å². The number of aryl methyl sites for hydroxylation is 1. The van der Waals surface area contributed by atoms with Gasteiger partial charge in [-0.15, -0.1) is 0 Å². The molecule has 2 amide bonds. The average molecular weight is 430 g/mol. The second-order valence-corrected chi connectivity index (χ2v) is 9.84. The van der Waals surface area contributed by atoms with Gasteiger partial charge in [0.1, 0.15) is 5.82 Å². The predicted octanol–water partition coefficient (Wildman–Crippen LogP) is 5.34. The van der Waals surface area contributed by atoms with Crippen molar-refractivity contribution in [2.75, 3.05) is 17.2 Å². The minimum absolute atomic E-state index is 0.0302. The summed E-state index contributed by atoms with van der Waals surface area (Å²) in [6, 6.07) is 16.5. The van der Waals surface area contributed by atoms with Crippen LogP contribution in [0.4, 0.5) is 16.3 Å². The third kappa shape index (κ3) is 3.97. The summed E-state index contributed by atoms with van der Waals surface area (Å²) in [6.45, 7) is 7.35. The number of benzene rings is 2. The molecule has 2 aliphatic rings. The van der Waals surface area contributed by atoms with Gasteiger partial charge in [-0.05, 0) is 54.5 Å². The Balaban J connectivity index is 1.42. The monoisotopic (exact) mass is 429 g/mol. The van der Waals surface area contributed by atoms with Gasteiger partial charge in [0.2, 0.25) is 0 Å². The number of anilines is 2. The minimum atomic E-state index is -0.201. The molecule has 6 heteroatoms. The molecule has 1 aliphatic heterocycles. The molecular weight excluding hydrogens is 398 g/mol. The van der Waals surface area contributed by atoms with Crippen LogP contribution in [0.5, 0.6) is 0 Å². The zero-order chi connectivity index (χ0) is 22.3. The number of hydrogen-bond acceptors (Lipinski definition) is 3. The normalized spacial score (nSPS) is 17.3. The van der Waals surface area contributed by atoms with Crippen LogP contribution in [0, 0.1) is 0 Å². The van der Waals surface area contributed by atoms with Crippen LogP contribution in [0.15, 0.2) is 48.5 Å². The number of rotatable bonds is 3. The molecular formula is C26H31N5O. The Kier molecular flexibility index (Phi) is 5.16. The first-order valence-electron chi connectivity index (χ1n) is 11.5. The standard InChI is InChI=1S/C26H31N5O/c1-26(2,3)23-16-24(31(30-23)19-12-11-18-13-14-27-22(18)15-19)29-25(32)28-21-10-6-8-17-7-4-5-9-20(17)21/h4-5,7,9,11-12,15-16,21,27H,6,8,10,13-14H2,1-3H3,(H2,28,29,32)/t21-/m0/s1. The van der Waals surface area contributed by atoms with Crippen LogP contribution in [-0.4, -0.2) is 22.4 Å². The SMILES string of the molecule is CC(C)(C)c1cc(NC(=O)N[C@H]2CCCc3ccccc32)n(-c2ccc3c(c2)NCC3)n1. The minimum Gasteiger partial charge on any atom is -0.384 e. The molecule has 2 aromatic carbocycles. The molecule has 5 rings (SSSR count). The van der Waals surface area contributed by atoms with Crippen LogP contribution in [0.3, 0.4) is 0 Å². The summed E-state index contributed by atoms with van der Waals surface area (Å²) in [5.74, 6) is 0.675. The maximum Gasteiger partial charge on any atom is 0.320 e. The first-order valence-corrected chi connectivity index (χ1v) is 11.5. The molecule has 3 aromatic rings. The number of carbonyl (C=O) groups is 1. The molecule has 1 atom stereocenters. The highest BCUT2D eigenvalue weighted by molar-refractivity contribution is 5.89. The topological polar surface area (TPSA) is 71.0 Å². The van der Waals surface area contributed by atoms with Gasteiger partial charge in [0.05, 0.1) is 17.4 Å². The molecule has 2 heterocycles. The second-order valence-electron chi connectivity index (χ2n) is 9.84. The summed E-state index contributed by atoms with van der Waals surface area (Å²) < 4.78 is 1.84. The van der Waals surface area contributed by atoms with E-state index in [9.17, 15) is 4.79 Å². The van der Waals surface area contributed by atoms with E-state index < -0.39 is 0 Å². The molecule has 3 N–H and O–H groups in total. The summed E-state index contributed by atoms with van der Waals surface area (Å²) >= 11 is 0. The molecule has 0 fully saturated rings. The van der Waals surface area contributed by atoms with Crippen LogP contribution < -0.4 is 16.0 Å². The summed E-state index contributed by atoms with van der Waals surface area (Å²) in [7, 11) is 0. The van der Waals surface area contributed by atoms with Gasteiger partial charge < -0.3 is 10.6 Å². The summed E-state index contributed by atoms with van der Waals surface area (Å²) in [4.78, 5) is 13.0. The van der Waals surface area contributed by atoms with Gasteiger partial charge in [-0.1, -0.05) is 51.1 Å². The van der Waals surface area contributed by atoms with Crippen LogP contribution in [0.1, 0.15) is 62.0 Å². The lowest BCUT2D eigenvalue weighted by molar-refractivity contribution is 0.247. The average Bonchev–Trinajstić information content (AvgIpc) is 3.40. The van der Waals surface area contributed by atoms with Crippen molar-refractivity contribution in [3.63, 3.8) is 0 Å². The number of amides is 2. The smallest absolute Gasteiger partial charge is 0.320 e. The van der Waals surface area contributed by atoms with E-state index in [2.05, 4.69) is 73.1 Å². The number of hydrogen-bond donors (Lipinski definition) is 3. The van der Waals surface area contributed by atoms with Crippen molar-refractivity contribution in [1.29, 1.82) is 0 Å². The Hall–Kier alpha value is -3.28. The van der Waals surface area contributed by atoms with Crippen molar-refractivity contribution in [3.05, 3.63) is 70.9 Å². The van der Waals surface area contributed by atoms with Gasteiger partial charge in [0, 0.05) is 23.7 Å². The molecule has 0 unspecified atom stereocenters. The van der Waals surface area contributed by atoms with Crippen molar-refractivity contribution in [2.24, 2.45) is 0 Å². The largest absolute Gasteiger partial charge is 0.384 e. The van der Waals surface area contributed by atoms with Crippen LogP contribution in [-0.2, 0) is 18.3 Å². The molecule has 1 aromatic heterocycles. The molecule has 0 saturated heterocycles. The fourth-order valence-corrected chi connectivity index (χ4v) is 4.66. The van der Waals surface area contributed by atoms with Gasteiger partial charge in [-0.3, -0.25) is 5.32 Å². The van der Waals surface area contributed by atoms with Crippen LogP contribution in [0.2, 0.25) is 0 Å². The Morgan fingerprint density at radius 3 is 2.78 bits per heavy atom. The molecule has 32 heavy (non-hydrogen) atoms. The Morgan fingerprint density at radius 2 is 1.94 bits per heavy atom. The number of carbonyl (C=O) groups excluding carboxylic acids is 1. The lowest BCUT2D eigenvalue weighted by atomic mass is 9.88. The highest BCUT2D eigenvalue weighted by Gasteiger charge is 2.25. The predicted molar refractivity (Wildman–Crippen MR) is 129 cm³/mol.